The molecule has 0 aliphatic heterocycles. The standard InChI is InChI=1S/C24H38N2O2/c1-19(2)26(20(3)4)17-23(27)18-28-25-24-15-11-6-5-10-14-22(24)16-21-12-8-7-9-13-21/h7-9,12-13,16,19-20,23,27H,5-6,10-11,14-15,17-18H2,1-4H3/b22-16+,25-24+/t23-/m0/s1. The van der Waals surface area contributed by atoms with Crippen LogP contribution in [-0.2, 0) is 4.84 Å². The summed E-state index contributed by atoms with van der Waals surface area (Å²) in [5, 5.41) is 14.9. The third-order valence-electron chi connectivity index (χ3n) is 5.31. The van der Waals surface area contributed by atoms with E-state index in [2.05, 4.69) is 68.1 Å². The molecule has 0 aromatic heterocycles. The number of aliphatic hydroxyl groups excluding tert-OH is 1. The van der Waals surface area contributed by atoms with Gasteiger partial charge in [0.1, 0.15) is 12.7 Å². The molecule has 0 heterocycles. The van der Waals surface area contributed by atoms with E-state index in [-0.39, 0.29) is 6.61 Å². The molecule has 1 aromatic rings. The van der Waals surface area contributed by atoms with Crippen LogP contribution in [0.3, 0.4) is 0 Å². The molecule has 1 aliphatic carbocycles. The fourth-order valence-electron chi connectivity index (χ4n) is 3.79. The summed E-state index contributed by atoms with van der Waals surface area (Å²) in [4.78, 5) is 7.91. The second-order valence-electron chi connectivity index (χ2n) is 8.37. The van der Waals surface area contributed by atoms with Crippen molar-refractivity contribution in [1.29, 1.82) is 0 Å². The zero-order chi connectivity index (χ0) is 20.4. The first-order valence-corrected chi connectivity index (χ1v) is 10.9. The van der Waals surface area contributed by atoms with E-state index in [4.69, 9.17) is 4.84 Å². The average molecular weight is 387 g/mol. The molecule has 0 bridgehead atoms. The summed E-state index contributed by atoms with van der Waals surface area (Å²) in [6.45, 7) is 9.46. The first kappa shape index (κ1) is 22.6. The van der Waals surface area contributed by atoms with Gasteiger partial charge >= 0.3 is 0 Å². The van der Waals surface area contributed by atoms with Gasteiger partial charge in [0.05, 0.1) is 5.71 Å². The summed E-state index contributed by atoms with van der Waals surface area (Å²) in [6.07, 6.45) is 8.54. The van der Waals surface area contributed by atoms with E-state index in [1.165, 1.54) is 30.4 Å². The molecule has 1 saturated carbocycles. The van der Waals surface area contributed by atoms with Crippen molar-refractivity contribution in [1.82, 2.24) is 4.90 Å². The molecule has 1 fully saturated rings. The van der Waals surface area contributed by atoms with Gasteiger partial charge in [-0.2, -0.15) is 0 Å². The van der Waals surface area contributed by atoms with E-state index in [0.29, 0.717) is 18.6 Å². The summed E-state index contributed by atoms with van der Waals surface area (Å²) >= 11 is 0. The van der Waals surface area contributed by atoms with Gasteiger partial charge in [-0.1, -0.05) is 48.3 Å². The Morgan fingerprint density at radius 1 is 1.00 bits per heavy atom. The highest BCUT2D eigenvalue weighted by Crippen LogP contribution is 2.22. The van der Waals surface area contributed by atoms with E-state index in [1.807, 2.05) is 6.07 Å². The lowest BCUT2D eigenvalue weighted by Crippen LogP contribution is -2.43. The highest BCUT2D eigenvalue weighted by atomic mass is 16.6. The van der Waals surface area contributed by atoms with Gasteiger partial charge in [0.15, 0.2) is 0 Å². The maximum Gasteiger partial charge on any atom is 0.144 e. The van der Waals surface area contributed by atoms with Crippen LogP contribution in [0.2, 0.25) is 0 Å². The molecule has 28 heavy (non-hydrogen) atoms. The van der Waals surface area contributed by atoms with Crippen molar-refractivity contribution in [2.24, 2.45) is 5.16 Å². The first-order valence-electron chi connectivity index (χ1n) is 10.9. The van der Waals surface area contributed by atoms with Crippen LogP contribution in [0.5, 0.6) is 0 Å². The van der Waals surface area contributed by atoms with Gasteiger partial charge < -0.3 is 9.94 Å². The van der Waals surface area contributed by atoms with Crippen molar-refractivity contribution in [2.45, 2.75) is 84.4 Å². The van der Waals surface area contributed by atoms with Crippen molar-refractivity contribution >= 4 is 11.8 Å². The predicted octanol–water partition coefficient (Wildman–Crippen LogP) is 5.28. The number of allylic oxidation sites excluding steroid dienone is 1. The van der Waals surface area contributed by atoms with E-state index in [9.17, 15) is 5.11 Å². The molecular weight excluding hydrogens is 348 g/mol. The molecule has 0 radical (unpaired) electrons. The van der Waals surface area contributed by atoms with Gasteiger partial charge in [0.2, 0.25) is 0 Å². The highest BCUT2D eigenvalue weighted by Gasteiger charge is 2.18. The topological polar surface area (TPSA) is 45.1 Å². The quantitative estimate of drug-likeness (QED) is 0.619. The maximum absolute atomic E-state index is 10.4. The SMILES string of the molecule is CC(C)N(C[C@H](O)CO/N=C1\CCCCCC\C1=C/c1ccccc1)C(C)C. The van der Waals surface area contributed by atoms with Gasteiger partial charge in [-0.05, 0) is 70.6 Å². The minimum Gasteiger partial charge on any atom is -0.393 e. The van der Waals surface area contributed by atoms with E-state index < -0.39 is 6.10 Å². The lowest BCUT2D eigenvalue weighted by molar-refractivity contribution is 0.00581. The van der Waals surface area contributed by atoms with Crippen molar-refractivity contribution in [3.05, 3.63) is 41.5 Å². The van der Waals surface area contributed by atoms with Crippen molar-refractivity contribution < 1.29 is 9.94 Å². The third-order valence-corrected chi connectivity index (χ3v) is 5.31. The van der Waals surface area contributed by atoms with Crippen molar-refractivity contribution in [3.8, 4) is 0 Å². The summed E-state index contributed by atoms with van der Waals surface area (Å²) in [5.41, 5.74) is 3.52. The Labute approximate surface area is 171 Å². The minimum absolute atomic E-state index is 0.234. The van der Waals surface area contributed by atoms with Crippen LogP contribution in [0.1, 0.15) is 71.8 Å². The molecule has 0 spiro atoms. The lowest BCUT2D eigenvalue weighted by atomic mass is 9.93. The smallest absolute Gasteiger partial charge is 0.144 e. The fraction of sp³-hybridized carbons (Fsp3) is 0.625. The molecule has 0 amide bonds. The van der Waals surface area contributed by atoms with Crippen LogP contribution in [0, 0.1) is 0 Å². The molecule has 156 valence electrons. The molecular formula is C24H38N2O2. The summed E-state index contributed by atoms with van der Waals surface area (Å²) in [7, 11) is 0. The van der Waals surface area contributed by atoms with Crippen molar-refractivity contribution in [2.75, 3.05) is 13.2 Å². The second-order valence-corrected chi connectivity index (χ2v) is 8.37. The Bertz CT molecular complexity index is 615. The summed E-state index contributed by atoms with van der Waals surface area (Å²) in [6, 6.07) is 11.2. The number of benzene rings is 1. The van der Waals surface area contributed by atoms with E-state index >= 15 is 0 Å². The van der Waals surface area contributed by atoms with Gasteiger partial charge in [-0.3, -0.25) is 4.90 Å². The number of aliphatic hydroxyl groups is 1. The van der Waals surface area contributed by atoms with Crippen LogP contribution in [0.4, 0.5) is 0 Å². The van der Waals surface area contributed by atoms with Gasteiger partial charge in [0.25, 0.3) is 0 Å². The first-order chi connectivity index (χ1) is 13.5. The average Bonchev–Trinajstić information content (AvgIpc) is 2.64. The van der Waals surface area contributed by atoms with Crippen LogP contribution >= 0.6 is 0 Å². The van der Waals surface area contributed by atoms with Crippen LogP contribution in [0.15, 0.2) is 41.1 Å². The zero-order valence-electron chi connectivity index (χ0n) is 18.1. The lowest BCUT2D eigenvalue weighted by Gasteiger charge is -2.32. The number of hydrogen-bond acceptors (Lipinski definition) is 4. The fourth-order valence-corrected chi connectivity index (χ4v) is 3.79. The summed E-state index contributed by atoms with van der Waals surface area (Å²) in [5.74, 6) is 0. The van der Waals surface area contributed by atoms with Gasteiger partial charge in [0, 0.05) is 18.6 Å². The molecule has 2 rings (SSSR count). The second kappa shape index (κ2) is 12.0. The number of nitrogens with zero attached hydrogens (tertiary/aromatic N) is 2. The molecule has 1 aliphatic rings. The summed E-state index contributed by atoms with van der Waals surface area (Å²) < 4.78 is 0. The van der Waals surface area contributed by atoms with Crippen molar-refractivity contribution in [3.63, 3.8) is 0 Å². The zero-order valence-corrected chi connectivity index (χ0v) is 18.1. The molecule has 4 nitrogen and oxygen atoms in total. The Morgan fingerprint density at radius 2 is 1.64 bits per heavy atom. The number of oxime groups is 1. The van der Waals surface area contributed by atoms with Crippen LogP contribution in [-0.4, -0.2) is 47.1 Å². The van der Waals surface area contributed by atoms with Gasteiger partial charge in [-0.25, -0.2) is 0 Å². The molecule has 0 unspecified atom stereocenters. The monoisotopic (exact) mass is 386 g/mol. The van der Waals surface area contributed by atoms with E-state index in [1.54, 1.807) is 0 Å². The predicted molar refractivity (Wildman–Crippen MR) is 118 cm³/mol. The molecule has 0 saturated heterocycles. The maximum atomic E-state index is 10.4. The van der Waals surface area contributed by atoms with Crippen LogP contribution < -0.4 is 0 Å². The Morgan fingerprint density at radius 3 is 2.29 bits per heavy atom. The molecule has 1 aromatic carbocycles. The normalized spacial score (nSPS) is 20.0. The third kappa shape index (κ3) is 7.76. The number of rotatable bonds is 8. The number of hydrogen-bond donors (Lipinski definition) is 1. The minimum atomic E-state index is -0.538. The van der Waals surface area contributed by atoms with Gasteiger partial charge in [-0.15, -0.1) is 0 Å². The Hall–Kier alpha value is -1.65. The molecule has 1 atom stereocenters. The molecule has 4 heteroatoms. The van der Waals surface area contributed by atoms with E-state index in [0.717, 1.165) is 25.0 Å². The Kier molecular flexibility index (Phi) is 9.72. The van der Waals surface area contributed by atoms with Crippen LogP contribution in [0.25, 0.3) is 6.08 Å². The molecule has 1 N–H and O–H groups in total. The largest absolute Gasteiger partial charge is 0.393 e. The highest BCUT2D eigenvalue weighted by molar-refractivity contribution is 6.03. The Balaban J connectivity index is 2.02.